The molecule has 3 heterocycles. The monoisotopic (exact) mass is 607 g/mol. The van der Waals surface area contributed by atoms with E-state index in [1.807, 2.05) is 43.0 Å². The van der Waals surface area contributed by atoms with Crippen molar-refractivity contribution < 1.29 is 27.5 Å². The number of anilines is 1. The summed E-state index contributed by atoms with van der Waals surface area (Å²) < 4.78 is 48.6. The van der Waals surface area contributed by atoms with Crippen molar-refractivity contribution in [3.8, 4) is 22.6 Å². The average Bonchev–Trinajstić information content (AvgIpc) is 3.54. The number of hydrogen-bond donors (Lipinski definition) is 1. The maximum atomic E-state index is 13.9. The standard InChI is InChI=1S/C31H32F3N7O3/c1-3-10-35-29(42)27-8-9-28(38-37-27)39-11-13-40(14-12-39)30(43)22-15-24(31(32,33)34)18-25(16-22)41-20-23(19-36-41)21-6-5-7-26(17-21)44-4-2/h5-9,15-20H,3-4,10-14H2,1-2H3,(H,35,42). The van der Waals surface area contributed by atoms with E-state index >= 15 is 0 Å². The minimum atomic E-state index is -4.66. The Morgan fingerprint density at radius 3 is 2.43 bits per heavy atom. The summed E-state index contributed by atoms with van der Waals surface area (Å²) in [5.41, 5.74) is 0.784. The molecule has 2 aromatic heterocycles. The second kappa shape index (κ2) is 13.1. The molecule has 1 aliphatic heterocycles. The quantitative estimate of drug-likeness (QED) is 0.290. The number of rotatable bonds is 9. The summed E-state index contributed by atoms with van der Waals surface area (Å²) in [5.74, 6) is 0.405. The van der Waals surface area contributed by atoms with Crippen molar-refractivity contribution in [3.05, 3.63) is 83.8 Å². The predicted octanol–water partition coefficient (Wildman–Crippen LogP) is 4.85. The van der Waals surface area contributed by atoms with Crippen LogP contribution in [0.1, 0.15) is 46.7 Å². The molecular weight excluding hydrogens is 575 g/mol. The highest BCUT2D eigenvalue weighted by Gasteiger charge is 2.33. The van der Waals surface area contributed by atoms with Crippen LogP contribution in [0.25, 0.3) is 16.8 Å². The Kier molecular flexibility index (Phi) is 9.12. The van der Waals surface area contributed by atoms with Crippen LogP contribution in [-0.2, 0) is 6.18 Å². The highest BCUT2D eigenvalue weighted by Crippen LogP contribution is 2.33. The molecule has 0 saturated carbocycles. The number of alkyl halides is 3. The van der Waals surface area contributed by atoms with Gasteiger partial charge < -0.3 is 19.9 Å². The molecule has 1 saturated heterocycles. The lowest BCUT2D eigenvalue weighted by atomic mass is 10.1. The lowest BCUT2D eigenvalue weighted by Crippen LogP contribution is -2.49. The van der Waals surface area contributed by atoms with Gasteiger partial charge in [-0.2, -0.15) is 18.3 Å². The van der Waals surface area contributed by atoms with Crippen molar-refractivity contribution in [2.75, 3.05) is 44.2 Å². The lowest BCUT2D eigenvalue weighted by Gasteiger charge is -2.35. The summed E-state index contributed by atoms with van der Waals surface area (Å²) in [5, 5.41) is 15.2. The van der Waals surface area contributed by atoms with Crippen molar-refractivity contribution in [1.82, 2.24) is 30.2 Å². The number of nitrogens with zero attached hydrogens (tertiary/aromatic N) is 6. The molecule has 0 spiro atoms. The van der Waals surface area contributed by atoms with Gasteiger partial charge in [-0.3, -0.25) is 9.59 Å². The zero-order valence-corrected chi connectivity index (χ0v) is 24.3. The van der Waals surface area contributed by atoms with Crippen LogP contribution in [0.15, 0.2) is 67.0 Å². The Bertz CT molecular complexity index is 1610. The molecule has 0 bridgehead atoms. The normalized spacial score (nSPS) is 13.6. The molecule has 0 radical (unpaired) electrons. The molecule has 5 rings (SSSR count). The van der Waals surface area contributed by atoms with Crippen LogP contribution < -0.4 is 15.0 Å². The van der Waals surface area contributed by atoms with E-state index in [9.17, 15) is 22.8 Å². The van der Waals surface area contributed by atoms with E-state index < -0.39 is 17.6 Å². The number of benzene rings is 2. The lowest BCUT2D eigenvalue weighted by molar-refractivity contribution is -0.137. The SMILES string of the molecule is CCCNC(=O)c1ccc(N2CCN(C(=O)c3cc(-n4cc(-c5cccc(OCC)c5)cn4)cc(C(F)(F)F)c3)CC2)nn1. The number of aromatic nitrogens is 4. The Morgan fingerprint density at radius 1 is 0.955 bits per heavy atom. The Labute approximate surface area is 252 Å². The van der Waals surface area contributed by atoms with Crippen molar-refractivity contribution in [2.24, 2.45) is 0 Å². The minimum Gasteiger partial charge on any atom is -0.494 e. The third-order valence-corrected chi connectivity index (χ3v) is 7.13. The molecule has 1 aliphatic rings. The van der Waals surface area contributed by atoms with Gasteiger partial charge in [-0.25, -0.2) is 4.68 Å². The second-order valence-corrected chi connectivity index (χ2v) is 10.2. The topological polar surface area (TPSA) is 105 Å². The van der Waals surface area contributed by atoms with E-state index in [0.29, 0.717) is 43.4 Å². The van der Waals surface area contributed by atoms with E-state index in [1.54, 1.807) is 24.5 Å². The van der Waals surface area contributed by atoms with Gasteiger partial charge in [0.1, 0.15) is 5.75 Å². The zero-order valence-electron chi connectivity index (χ0n) is 24.3. The first kappa shape index (κ1) is 30.5. The van der Waals surface area contributed by atoms with E-state index in [0.717, 1.165) is 24.1 Å². The first-order valence-electron chi connectivity index (χ1n) is 14.3. The van der Waals surface area contributed by atoms with Gasteiger partial charge in [0.25, 0.3) is 11.8 Å². The minimum absolute atomic E-state index is 0.0825. The smallest absolute Gasteiger partial charge is 0.416 e. The fraction of sp³-hybridized carbons (Fsp3) is 0.323. The van der Waals surface area contributed by atoms with Gasteiger partial charge in [-0.1, -0.05) is 19.1 Å². The first-order valence-corrected chi connectivity index (χ1v) is 14.3. The van der Waals surface area contributed by atoms with E-state index in [1.165, 1.54) is 15.6 Å². The van der Waals surface area contributed by atoms with Crippen molar-refractivity contribution in [2.45, 2.75) is 26.4 Å². The number of hydrogen-bond acceptors (Lipinski definition) is 7. The summed E-state index contributed by atoms with van der Waals surface area (Å²) in [4.78, 5) is 29.0. The van der Waals surface area contributed by atoms with Crippen LogP contribution in [0, 0.1) is 0 Å². The van der Waals surface area contributed by atoms with Gasteiger partial charge in [-0.05, 0) is 61.4 Å². The Hall–Kier alpha value is -4.94. The molecule has 0 atom stereocenters. The molecule has 2 aromatic carbocycles. The van der Waals surface area contributed by atoms with Gasteiger partial charge in [0.05, 0.1) is 24.1 Å². The third-order valence-electron chi connectivity index (χ3n) is 7.13. The maximum Gasteiger partial charge on any atom is 0.416 e. The molecule has 44 heavy (non-hydrogen) atoms. The second-order valence-electron chi connectivity index (χ2n) is 10.2. The molecule has 1 fully saturated rings. The molecular formula is C31H32F3N7O3. The van der Waals surface area contributed by atoms with Gasteiger partial charge in [0, 0.05) is 50.0 Å². The number of nitrogens with one attached hydrogen (secondary N) is 1. The van der Waals surface area contributed by atoms with Crippen LogP contribution in [0.4, 0.5) is 19.0 Å². The van der Waals surface area contributed by atoms with E-state index in [-0.39, 0.29) is 35.9 Å². The fourth-order valence-corrected chi connectivity index (χ4v) is 4.84. The molecule has 0 aliphatic carbocycles. The summed E-state index contributed by atoms with van der Waals surface area (Å²) in [6.45, 7) is 6.21. The highest BCUT2D eigenvalue weighted by atomic mass is 19.4. The van der Waals surface area contributed by atoms with Crippen molar-refractivity contribution in [3.63, 3.8) is 0 Å². The number of carbonyl (C=O) groups is 2. The summed E-state index contributed by atoms with van der Waals surface area (Å²) >= 11 is 0. The van der Waals surface area contributed by atoms with Crippen LogP contribution in [0.5, 0.6) is 5.75 Å². The first-order chi connectivity index (χ1) is 21.2. The van der Waals surface area contributed by atoms with Gasteiger partial charge in [0.2, 0.25) is 0 Å². The van der Waals surface area contributed by atoms with Gasteiger partial charge >= 0.3 is 6.18 Å². The predicted molar refractivity (Wildman–Crippen MR) is 158 cm³/mol. The van der Waals surface area contributed by atoms with Crippen LogP contribution in [-0.4, -0.2) is 76.0 Å². The zero-order chi connectivity index (χ0) is 31.3. The molecule has 230 valence electrons. The maximum absolute atomic E-state index is 13.9. The van der Waals surface area contributed by atoms with Crippen LogP contribution >= 0.6 is 0 Å². The molecule has 1 N–H and O–H groups in total. The number of halogens is 3. The fourth-order valence-electron chi connectivity index (χ4n) is 4.84. The molecule has 0 unspecified atom stereocenters. The van der Waals surface area contributed by atoms with E-state index in [4.69, 9.17) is 4.74 Å². The van der Waals surface area contributed by atoms with Crippen LogP contribution in [0.2, 0.25) is 0 Å². The molecule has 10 nitrogen and oxygen atoms in total. The number of ether oxygens (including phenoxy) is 1. The Balaban J connectivity index is 1.32. The van der Waals surface area contributed by atoms with E-state index in [2.05, 4.69) is 20.6 Å². The summed E-state index contributed by atoms with van der Waals surface area (Å²) in [7, 11) is 0. The van der Waals surface area contributed by atoms with Crippen molar-refractivity contribution >= 4 is 17.6 Å². The van der Waals surface area contributed by atoms with Gasteiger partial charge in [0.15, 0.2) is 11.5 Å². The molecule has 4 aromatic rings. The van der Waals surface area contributed by atoms with Crippen LogP contribution in [0.3, 0.4) is 0 Å². The number of piperazine rings is 1. The number of amides is 2. The van der Waals surface area contributed by atoms with Crippen molar-refractivity contribution in [1.29, 1.82) is 0 Å². The molecule has 2 amide bonds. The third kappa shape index (κ3) is 6.99. The Morgan fingerprint density at radius 2 is 1.75 bits per heavy atom. The molecule has 13 heteroatoms. The highest BCUT2D eigenvalue weighted by molar-refractivity contribution is 5.95. The summed E-state index contributed by atoms with van der Waals surface area (Å²) in [6.07, 6.45) is -0.688. The van der Waals surface area contributed by atoms with Gasteiger partial charge in [-0.15, -0.1) is 10.2 Å². The largest absolute Gasteiger partial charge is 0.494 e. The average molecular weight is 608 g/mol. The summed E-state index contributed by atoms with van der Waals surface area (Å²) in [6, 6.07) is 13.9. The number of carbonyl (C=O) groups excluding carboxylic acids is 2.